The Morgan fingerprint density at radius 3 is 2.56 bits per heavy atom. The Morgan fingerprint density at radius 2 is 1.85 bits per heavy atom. The van der Waals surface area contributed by atoms with Crippen molar-refractivity contribution in [3.63, 3.8) is 0 Å². The largest absolute Gasteiger partial charge is 0.378 e. The summed E-state index contributed by atoms with van der Waals surface area (Å²) in [6, 6.07) is 17.7. The third kappa shape index (κ3) is 5.72. The number of benzene rings is 2. The van der Waals surface area contributed by atoms with E-state index < -0.39 is 0 Å². The van der Waals surface area contributed by atoms with Gasteiger partial charge in [0.25, 0.3) is 0 Å². The molecule has 0 aliphatic carbocycles. The van der Waals surface area contributed by atoms with Gasteiger partial charge < -0.3 is 10.2 Å². The van der Waals surface area contributed by atoms with Crippen molar-refractivity contribution in [2.24, 2.45) is 0 Å². The maximum atomic E-state index is 12.1. The van der Waals surface area contributed by atoms with Crippen LogP contribution in [0.4, 0.5) is 11.4 Å². The molecule has 1 aromatic heterocycles. The second-order valence-electron chi connectivity index (χ2n) is 6.03. The first-order valence-electron chi connectivity index (χ1n) is 8.46. The number of aromatic nitrogens is 3. The summed E-state index contributed by atoms with van der Waals surface area (Å²) < 4.78 is 0. The normalized spacial score (nSPS) is 10.9. The van der Waals surface area contributed by atoms with Crippen LogP contribution in [-0.2, 0) is 4.79 Å². The van der Waals surface area contributed by atoms with Gasteiger partial charge in [-0.3, -0.25) is 9.89 Å². The van der Waals surface area contributed by atoms with Gasteiger partial charge in [0.15, 0.2) is 0 Å². The molecule has 138 valence electrons. The van der Waals surface area contributed by atoms with Crippen LogP contribution < -0.4 is 10.2 Å². The molecule has 0 unspecified atom stereocenters. The minimum Gasteiger partial charge on any atom is -0.378 e. The highest BCUT2D eigenvalue weighted by atomic mass is 32.2. The summed E-state index contributed by atoms with van der Waals surface area (Å²) in [5.41, 5.74) is 2.94. The molecule has 0 atom stereocenters. The molecule has 2 N–H and O–H groups in total. The molecule has 6 nitrogen and oxygen atoms in total. The first kappa shape index (κ1) is 18.7. The Balaban J connectivity index is 1.49. The van der Waals surface area contributed by atoms with Gasteiger partial charge in [-0.25, -0.2) is 4.98 Å². The lowest BCUT2D eigenvalue weighted by molar-refractivity contribution is -0.113. The van der Waals surface area contributed by atoms with Gasteiger partial charge in [0.05, 0.1) is 5.75 Å². The fourth-order valence-electron chi connectivity index (χ4n) is 2.31. The van der Waals surface area contributed by atoms with E-state index in [0.717, 1.165) is 16.9 Å². The SMILES string of the molecule is CN(C)c1ccc(NC(=O)CSc2n[nH]c(/C=C/c3ccccc3)n2)cc1. The van der Waals surface area contributed by atoms with Crippen molar-refractivity contribution >= 4 is 41.2 Å². The van der Waals surface area contributed by atoms with Gasteiger partial charge in [0, 0.05) is 25.5 Å². The predicted octanol–water partition coefficient (Wildman–Crippen LogP) is 3.77. The van der Waals surface area contributed by atoms with Gasteiger partial charge in [-0.15, -0.1) is 5.10 Å². The zero-order chi connectivity index (χ0) is 19.1. The lowest BCUT2D eigenvalue weighted by Gasteiger charge is -2.12. The molecule has 7 heteroatoms. The highest BCUT2D eigenvalue weighted by molar-refractivity contribution is 7.99. The summed E-state index contributed by atoms with van der Waals surface area (Å²) in [4.78, 5) is 18.5. The number of anilines is 2. The van der Waals surface area contributed by atoms with E-state index in [1.165, 1.54) is 11.8 Å². The van der Waals surface area contributed by atoms with E-state index in [0.29, 0.717) is 11.0 Å². The maximum absolute atomic E-state index is 12.1. The molecule has 2 aromatic carbocycles. The summed E-state index contributed by atoms with van der Waals surface area (Å²) in [6.45, 7) is 0. The highest BCUT2D eigenvalue weighted by Gasteiger charge is 2.07. The van der Waals surface area contributed by atoms with Crippen molar-refractivity contribution in [2.75, 3.05) is 30.1 Å². The molecule has 0 aliphatic heterocycles. The van der Waals surface area contributed by atoms with Crippen molar-refractivity contribution in [1.82, 2.24) is 15.2 Å². The fourth-order valence-corrected chi connectivity index (χ4v) is 2.91. The number of carbonyl (C=O) groups is 1. The Hall–Kier alpha value is -3.06. The predicted molar refractivity (Wildman–Crippen MR) is 112 cm³/mol. The molecule has 27 heavy (non-hydrogen) atoms. The second kappa shape index (κ2) is 9.05. The molecule has 1 heterocycles. The molecule has 0 aliphatic rings. The van der Waals surface area contributed by atoms with Crippen LogP contribution in [0.25, 0.3) is 12.2 Å². The van der Waals surface area contributed by atoms with Crippen LogP contribution in [0.1, 0.15) is 11.4 Å². The van der Waals surface area contributed by atoms with Crippen LogP contribution in [0.2, 0.25) is 0 Å². The standard InChI is InChI=1S/C20H21N5OS/c1-25(2)17-11-9-16(10-12-17)21-19(26)14-27-20-22-18(23-24-20)13-8-15-6-4-3-5-7-15/h3-13H,14H2,1-2H3,(H,21,26)(H,22,23,24)/b13-8+. The van der Waals surface area contributed by atoms with E-state index in [1.807, 2.05) is 85.7 Å². The van der Waals surface area contributed by atoms with Gasteiger partial charge in [-0.1, -0.05) is 48.2 Å². The summed E-state index contributed by atoms with van der Waals surface area (Å²) in [6.07, 6.45) is 3.82. The minimum absolute atomic E-state index is 0.0937. The zero-order valence-corrected chi connectivity index (χ0v) is 16.0. The number of aromatic amines is 1. The molecule has 1 amide bonds. The molecule has 3 rings (SSSR count). The van der Waals surface area contributed by atoms with Gasteiger partial charge in [-0.2, -0.15) is 0 Å². The van der Waals surface area contributed by atoms with Crippen molar-refractivity contribution in [2.45, 2.75) is 5.16 Å². The Labute approximate surface area is 162 Å². The third-order valence-electron chi connectivity index (χ3n) is 3.72. The van der Waals surface area contributed by atoms with E-state index in [4.69, 9.17) is 0 Å². The van der Waals surface area contributed by atoms with Crippen molar-refractivity contribution in [3.05, 3.63) is 66.0 Å². The monoisotopic (exact) mass is 379 g/mol. The molecular weight excluding hydrogens is 358 g/mol. The first-order chi connectivity index (χ1) is 13.1. The molecule has 0 radical (unpaired) electrons. The van der Waals surface area contributed by atoms with Gasteiger partial charge in [0.2, 0.25) is 11.1 Å². The van der Waals surface area contributed by atoms with Crippen molar-refractivity contribution in [1.29, 1.82) is 0 Å². The van der Waals surface area contributed by atoms with Gasteiger partial charge in [-0.05, 0) is 35.9 Å². The molecule has 0 saturated heterocycles. The topological polar surface area (TPSA) is 73.9 Å². The van der Waals surface area contributed by atoms with Crippen LogP contribution >= 0.6 is 11.8 Å². The Bertz CT molecular complexity index is 904. The maximum Gasteiger partial charge on any atom is 0.234 e. The van der Waals surface area contributed by atoms with Crippen LogP contribution in [0.15, 0.2) is 59.8 Å². The first-order valence-corrected chi connectivity index (χ1v) is 9.44. The number of nitrogens with one attached hydrogen (secondary N) is 2. The number of H-pyrrole nitrogens is 1. The number of carbonyl (C=O) groups excluding carboxylic acids is 1. The van der Waals surface area contributed by atoms with Gasteiger partial charge in [0.1, 0.15) is 5.82 Å². The Morgan fingerprint density at radius 1 is 1.11 bits per heavy atom. The van der Waals surface area contributed by atoms with Crippen molar-refractivity contribution < 1.29 is 4.79 Å². The minimum atomic E-state index is -0.0937. The van der Waals surface area contributed by atoms with Crippen LogP contribution in [0.5, 0.6) is 0 Å². The summed E-state index contributed by atoms with van der Waals surface area (Å²) in [7, 11) is 3.95. The molecule has 0 saturated carbocycles. The quantitative estimate of drug-likeness (QED) is 0.611. The smallest absolute Gasteiger partial charge is 0.234 e. The molecule has 3 aromatic rings. The van der Waals surface area contributed by atoms with Crippen LogP contribution in [0.3, 0.4) is 0 Å². The van der Waals surface area contributed by atoms with E-state index >= 15 is 0 Å². The highest BCUT2D eigenvalue weighted by Crippen LogP contribution is 2.17. The summed E-state index contributed by atoms with van der Waals surface area (Å²) in [5, 5.41) is 10.4. The molecule has 0 bridgehead atoms. The van der Waals surface area contributed by atoms with Crippen molar-refractivity contribution in [3.8, 4) is 0 Å². The summed E-state index contributed by atoms with van der Waals surface area (Å²) >= 11 is 1.29. The van der Waals surface area contributed by atoms with Crippen LogP contribution in [0, 0.1) is 0 Å². The van der Waals surface area contributed by atoms with E-state index in [9.17, 15) is 4.79 Å². The second-order valence-corrected chi connectivity index (χ2v) is 6.97. The van der Waals surface area contributed by atoms with E-state index in [-0.39, 0.29) is 11.7 Å². The number of rotatable bonds is 7. The number of hydrogen-bond acceptors (Lipinski definition) is 5. The average Bonchev–Trinajstić information content (AvgIpc) is 3.14. The molecule has 0 fully saturated rings. The number of hydrogen-bond donors (Lipinski definition) is 2. The fraction of sp³-hybridized carbons (Fsp3) is 0.150. The van der Waals surface area contributed by atoms with Gasteiger partial charge >= 0.3 is 0 Å². The lowest BCUT2D eigenvalue weighted by Crippen LogP contribution is -2.14. The third-order valence-corrected chi connectivity index (χ3v) is 4.56. The molecule has 0 spiro atoms. The summed E-state index contributed by atoms with van der Waals surface area (Å²) in [5.74, 6) is 0.805. The average molecular weight is 379 g/mol. The number of thioether (sulfide) groups is 1. The zero-order valence-electron chi connectivity index (χ0n) is 15.2. The Kier molecular flexibility index (Phi) is 6.27. The van der Waals surface area contributed by atoms with E-state index in [1.54, 1.807) is 0 Å². The number of nitrogens with zero attached hydrogens (tertiary/aromatic N) is 3. The molecular formula is C20H21N5OS. The van der Waals surface area contributed by atoms with Crippen LogP contribution in [-0.4, -0.2) is 40.9 Å². The van der Waals surface area contributed by atoms with E-state index in [2.05, 4.69) is 20.5 Å². The number of amides is 1. The lowest BCUT2D eigenvalue weighted by atomic mass is 10.2.